The Bertz CT molecular complexity index is 920. The molecule has 0 radical (unpaired) electrons. The van der Waals surface area contributed by atoms with Crippen LogP contribution in [0.1, 0.15) is 29.9 Å². The lowest BCUT2D eigenvalue weighted by atomic mass is 9.69. The maximum atomic E-state index is 12.9. The molecule has 2 heterocycles. The number of carboxylic acids is 1. The van der Waals surface area contributed by atoms with E-state index in [9.17, 15) is 14.7 Å². The number of benzene rings is 2. The number of amides is 1. The average Bonchev–Trinajstić information content (AvgIpc) is 3.06. The minimum Gasteiger partial charge on any atom is -0.481 e. The number of fused-ring (bicyclic) bond motifs is 3. The van der Waals surface area contributed by atoms with Gasteiger partial charge in [0.2, 0.25) is 0 Å². The number of carbonyl (C=O) groups is 2. The van der Waals surface area contributed by atoms with Crippen molar-refractivity contribution < 1.29 is 24.2 Å². The number of nitrogens with zero attached hydrogens (tertiary/aromatic N) is 1. The molecule has 150 valence electrons. The van der Waals surface area contributed by atoms with Crippen LogP contribution in [0.25, 0.3) is 11.1 Å². The number of rotatable bonds is 3. The minimum absolute atomic E-state index is 0.00598. The molecule has 6 heteroatoms. The Kier molecular flexibility index (Phi) is 4.32. The van der Waals surface area contributed by atoms with Crippen molar-refractivity contribution in [2.75, 3.05) is 26.4 Å². The zero-order valence-electron chi connectivity index (χ0n) is 16.0. The fourth-order valence-electron chi connectivity index (χ4n) is 5.19. The Labute approximate surface area is 169 Å². The van der Waals surface area contributed by atoms with Gasteiger partial charge in [0.1, 0.15) is 6.61 Å². The van der Waals surface area contributed by atoms with Gasteiger partial charge in [-0.3, -0.25) is 4.79 Å². The third-order valence-electron chi connectivity index (χ3n) is 6.76. The second kappa shape index (κ2) is 6.88. The molecular formula is C23H23NO5. The van der Waals surface area contributed by atoms with Crippen molar-refractivity contribution in [2.24, 2.45) is 5.92 Å². The summed E-state index contributed by atoms with van der Waals surface area (Å²) in [5.41, 5.74) is 4.01. The fourth-order valence-corrected chi connectivity index (χ4v) is 5.19. The number of hydrogen-bond acceptors (Lipinski definition) is 4. The summed E-state index contributed by atoms with van der Waals surface area (Å²) < 4.78 is 11.2. The topological polar surface area (TPSA) is 76.1 Å². The summed E-state index contributed by atoms with van der Waals surface area (Å²) in [5.74, 6) is -1.41. The normalized spacial score (nSPS) is 21.9. The van der Waals surface area contributed by atoms with E-state index in [0.29, 0.717) is 26.1 Å². The number of aliphatic carboxylic acids is 1. The largest absolute Gasteiger partial charge is 0.481 e. The molecule has 0 bridgehead atoms. The molecule has 1 amide bonds. The molecule has 1 atom stereocenters. The molecular weight excluding hydrogens is 370 g/mol. The van der Waals surface area contributed by atoms with Gasteiger partial charge in [0.15, 0.2) is 0 Å². The predicted octanol–water partition coefficient (Wildman–Crippen LogP) is 3.50. The van der Waals surface area contributed by atoms with E-state index in [2.05, 4.69) is 24.3 Å². The van der Waals surface area contributed by atoms with Crippen LogP contribution in [-0.4, -0.2) is 54.0 Å². The average molecular weight is 393 g/mol. The van der Waals surface area contributed by atoms with Gasteiger partial charge in [-0.2, -0.15) is 0 Å². The van der Waals surface area contributed by atoms with Gasteiger partial charge < -0.3 is 19.5 Å². The highest BCUT2D eigenvalue weighted by Gasteiger charge is 2.59. The maximum absolute atomic E-state index is 12.9. The summed E-state index contributed by atoms with van der Waals surface area (Å²) in [6.07, 6.45) is 0.647. The standard InChI is InChI=1S/C23H23NO5/c25-21(26)20-13-24(23(20)9-11-28-12-10-23)22(27)29-14-19-17-7-3-1-5-15(17)16-6-2-4-8-18(16)19/h1-8,19-20H,9-14H2,(H,25,26). The molecule has 2 aliphatic heterocycles. The van der Waals surface area contributed by atoms with Crippen LogP contribution in [0.5, 0.6) is 0 Å². The molecule has 5 rings (SSSR count). The van der Waals surface area contributed by atoms with Crippen molar-refractivity contribution in [3.05, 3.63) is 59.7 Å². The van der Waals surface area contributed by atoms with Crippen LogP contribution in [0, 0.1) is 5.92 Å². The summed E-state index contributed by atoms with van der Waals surface area (Å²) >= 11 is 0. The Morgan fingerprint density at radius 2 is 1.62 bits per heavy atom. The molecule has 6 nitrogen and oxygen atoms in total. The zero-order valence-corrected chi connectivity index (χ0v) is 16.0. The van der Waals surface area contributed by atoms with Crippen molar-refractivity contribution in [2.45, 2.75) is 24.3 Å². The number of ether oxygens (including phenoxy) is 2. The van der Waals surface area contributed by atoms with E-state index >= 15 is 0 Å². The maximum Gasteiger partial charge on any atom is 0.410 e. The monoisotopic (exact) mass is 393 g/mol. The van der Waals surface area contributed by atoms with Crippen LogP contribution < -0.4 is 0 Å². The van der Waals surface area contributed by atoms with Crippen molar-refractivity contribution in [3.8, 4) is 11.1 Å². The van der Waals surface area contributed by atoms with Crippen LogP contribution in [0.2, 0.25) is 0 Å². The van der Waals surface area contributed by atoms with E-state index in [1.165, 1.54) is 11.1 Å². The molecule has 29 heavy (non-hydrogen) atoms. The molecule has 3 aliphatic rings. The van der Waals surface area contributed by atoms with E-state index < -0.39 is 23.5 Å². The molecule has 1 spiro atoms. The molecule has 2 aromatic carbocycles. The Balaban J connectivity index is 1.34. The lowest BCUT2D eigenvalue weighted by Crippen LogP contribution is -2.72. The van der Waals surface area contributed by atoms with Gasteiger partial charge in [-0.05, 0) is 35.1 Å². The number of likely N-dealkylation sites (tertiary alicyclic amines) is 1. The first-order chi connectivity index (χ1) is 14.1. The van der Waals surface area contributed by atoms with Crippen molar-refractivity contribution in [1.82, 2.24) is 4.90 Å². The first-order valence-electron chi connectivity index (χ1n) is 10.0. The van der Waals surface area contributed by atoms with E-state index in [4.69, 9.17) is 9.47 Å². The van der Waals surface area contributed by atoms with Crippen LogP contribution in [0.3, 0.4) is 0 Å². The molecule has 1 N–H and O–H groups in total. The van der Waals surface area contributed by atoms with Gasteiger partial charge >= 0.3 is 12.1 Å². The highest BCUT2D eigenvalue weighted by Crippen LogP contribution is 2.46. The van der Waals surface area contributed by atoms with Gasteiger partial charge in [-0.25, -0.2) is 4.79 Å². The summed E-state index contributed by atoms with van der Waals surface area (Å²) in [7, 11) is 0. The van der Waals surface area contributed by atoms with Gasteiger partial charge in [0.25, 0.3) is 0 Å². The molecule has 2 aromatic rings. The Morgan fingerprint density at radius 3 is 2.21 bits per heavy atom. The van der Waals surface area contributed by atoms with Crippen LogP contribution in [0.15, 0.2) is 48.5 Å². The second-order valence-corrected chi connectivity index (χ2v) is 8.02. The molecule has 1 unspecified atom stereocenters. The SMILES string of the molecule is O=C(O)C1CN(C(=O)OCC2c3ccccc3-c3ccccc32)C12CCOCC2. The van der Waals surface area contributed by atoms with E-state index in [1.54, 1.807) is 4.90 Å². The first-order valence-corrected chi connectivity index (χ1v) is 10.0. The van der Waals surface area contributed by atoms with Crippen molar-refractivity contribution in [1.29, 1.82) is 0 Å². The Morgan fingerprint density at radius 1 is 1.03 bits per heavy atom. The lowest BCUT2D eigenvalue weighted by Gasteiger charge is -2.57. The number of carbonyl (C=O) groups excluding carboxylic acids is 1. The lowest BCUT2D eigenvalue weighted by molar-refractivity contribution is -0.171. The summed E-state index contributed by atoms with van der Waals surface area (Å²) in [4.78, 5) is 26.2. The van der Waals surface area contributed by atoms with E-state index in [1.807, 2.05) is 24.3 Å². The van der Waals surface area contributed by atoms with E-state index in [0.717, 1.165) is 11.1 Å². The predicted molar refractivity (Wildman–Crippen MR) is 106 cm³/mol. The van der Waals surface area contributed by atoms with Gasteiger partial charge in [-0.15, -0.1) is 0 Å². The van der Waals surface area contributed by atoms with E-state index in [-0.39, 0.29) is 19.1 Å². The fraction of sp³-hybridized carbons (Fsp3) is 0.391. The zero-order chi connectivity index (χ0) is 20.0. The first kappa shape index (κ1) is 18.2. The number of hydrogen-bond donors (Lipinski definition) is 1. The summed E-state index contributed by atoms with van der Waals surface area (Å²) in [6, 6.07) is 16.4. The highest BCUT2D eigenvalue weighted by atomic mass is 16.6. The van der Waals surface area contributed by atoms with Crippen molar-refractivity contribution >= 4 is 12.1 Å². The third-order valence-corrected chi connectivity index (χ3v) is 6.76. The second-order valence-electron chi connectivity index (χ2n) is 8.02. The van der Waals surface area contributed by atoms with Gasteiger partial charge in [0, 0.05) is 25.7 Å². The molecule has 0 aromatic heterocycles. The third kappa shape index (κ3) is 2.74. The van der Waals surface area contributed by atoms with Crippen molar-refractivity contribution in [3.63, 3.8) is 0 Å². The summed E-state index contributed by atoms with van der Waals surface area (Å²) in [5, 5.41) is 9.55. The highest BCUT2D eigenvalue weighted by molar-refractivity contribution is 5.81. The quantitative estimate of drug-likeness (QED) is 0.864. The van der Waals surface area contributed by atoms with Crippen LogP contribution in [0.4, 0.5) is 4.79 Å². The molecule has 1 aliphatic carbocycles. The molecule has 0 saturated carbocycles. The number of carboxylic acid groups (broad SMARTS) is 1. The van der Waals surface area contributed by atoms with Crippen LogP contribution >= 0.6 is 0 Å². The van der Waals surface area contributed by atoms with Gasteiger partial charge in [0.05, 0.1) is 11.5 Å². The minimum atomic E-state index is -0.852. The Hall–Kier alpha value is -2.86. The smallest absolute Gasteiger partial charge is 0.410 e. The molecule has 2 fully saturated rings. The van der Waals surface area contributed by atoms with Crippen LogP contribution in [-0.2, 0) is 14.3 Å². The molecule has 2 saturated heterocycles. The van der Waals surface area contributed by atoms with Gasteiger partial charge in [-0.1, -0.05) is 48.5 Å². The summed E-state index contributed by atoms with van der Waals surface area (Å²) in [6.45, 7) is 1.38.